The van der Waals surface area contributed by atoms with E-state index in [2.05, 4.69) is 0 Å². The Bertz CT molecular complexity index is 1320. The lowest BCUT2D eigenvalue weighted by atomic mass is 10.0. The summed E-state index contributed by atoms with van der Waals surface area (Å²) in [7, 11) is 1.31. The lowest BCUT2D eigenvalue weighted by molar-refractivity contribution is -0.115. The maximum Gasteiger partial charge on any atom is 0.339 e. The zero-order valence-corrected chi connectivity index (χ0v) is 18.8. The number of nitrogens with zero attached hydrogens (tertiary/aromatic N) is 1. The van der Waals surface area contributed by atoms with Crippen molar-refractivity contribution in [2.24, 2.45) is 0 Å². The molecule has 0 aromatic heterocycles. The summed E-state index contributed by atoms with van der Waals surface area (Å²) in [6.07, 6.45) is 0. The molecule has 0 saturated heterocycles. The van der Waals surface area contributed by atoms with Crippen molar-refractivity contribution in [3.8, 4) is 28.4 Å². The van der Waals surface area contributed by atoms with E-state index < -0.39 is 5.97 Å². The van der Waals surface area contributed by atoms with Crippen LogP contribution in [0.25, 0.3) is 11.1 Å². The minimum Gasteiger partial charge on any atom is -0.508 e. The van der Waals surface area contributed by atoms with Crippen LogP contribution < -0.4 is 9.64 Å². The standard InChI is InChI=1S/C28H23NO5/c1-19(30)29(26-11-7-6-10-24(26)28(32)33-2)27-17-16-23(34-22-14-12-21(31)13-15-22)18-25(27)20-8-4-3-5-9-20/h3-18,31H,1-2H3. The average molecular weight is 453 g/mol. The number of carbonyl (C=O) groups is 2. The predicted octanol–water partition coefficient (Wildman–Crippen LogP) is 6.32. The molecule has 4 aromatic carbocycles. The highest BCUT2D eigenvalue weighted by Crippen LogP contribution is 2.40. The molecule has 6 heteroatoms. The maximum absolute atomic E-state index is 12.9. The van der Waals surface area contributed by atoms with Gasteiger partial charge in [0.25, 0.3) is 0 Å². The highest BCUT2D eigenvalue weighted by molar-refractivity contribution is 6.08. The van der Waals surface area contributed by atoms with Crippen molar-refractivity contribution in [3.63, 3.8) is 0 Å². The smallest absolute Gasteiger partial charge is 0.339 e. The summed E-state index contributed by atoms with van der Waals surface area (Å²) in [6, 6.07) is 28.2. The lowest BCUT2D eigenvalue weighted by Gasteiger charge is -2.26. The minimum absolute atomic E-state index is 0.147. The summed E-state index contributed by atoms with van der Waals surface area (Å²) in [5.74, 6) is 0.465. The van der Waals surface area contributed by atoms with Crippen molar-refractivity contribution in [1.82, 2.24) is 0 Å². The van der Waals surface area contributed by atoms with Crippen molar-refractivity contribution < 1.29 is 24.2 Å². The van der Waals surface area contributed by atoms with Crippen molar-refractivity contribution in [2.75, 3.05) is 12.0 Å². The second kappa shape index (κ2) is 9.92. The molecule has 0 saturated carbocycles. The fourth-order valence-corrected chi connectivity index (χ4v) is 3.69. The molecule has 6 nitrogen and oxygen atoms in total. The van der Waals surface area contributed by atoms with E-state index in [0.717, 1.165) is 11.1 Å². The van der Waals surface area contributed by atoms with E-state index >= 15 is 0 Å². The molecule has 0 bridgehead atoms. The second-order valence-electron chi connectivity index (χ2n) is 7.50. The van der Waals surface area contributed by atoms with E-state index in [1.165, 1.54) is 18.9 Å². The van der Waals surface area contributed by atoms with Crippen LogP contribution in [0.2, 0.25) is 0 Å². The van der Waals surface area contributed by atoms with Crippen LogP contribution in [-0.2, 0) is 9.53 Å². The highest BCUT2D eigenvalue weighted by atomic mass is 16.5. The minimum atomic E-state index is -0.532. The van der Waals surface area contributed by atoms with Gasteiger partial charge in [0, 0.05) is 12.5 Å². The van der Waals surface area contributed by atoms with Gasteiger partial charge in [-0.15, -0.1) is 0 Å². The number of carbonyl (C=O) groups excluding carboxylic acids is 2. The molecule has 0 heterocycles. The topological polar surface area (TPSA) is 76.1 Å². The number of hydrogen-bond donors (Lipinski definition) is 1. The van der Waals surface area contributed by atoms with Crippen LogP contribution in [0.15, 0.2) is 97.1 Å². The van der Waals surface area contributed by atoms with Gasteiger partial charge in [-0.05, 0) is 60.2 Å². The number of benzene rings is 4. The number of methoxy groups -OCH3 is 1. The normalized spacial score (nSPS) is 10.4. The van der Waals surface area contributed by atoms with Gasteiger partial charge in [-0.1, -0.05) is 42.5 Å². The van der Waals surface area contributed by atoms with Gasteiger partial charge in [-0.25, -0.2) is 4.79 Å². The number of phenols is 1. The molecule has 0 unspecified atom stereocenters. The molecular weight excluding hydrogens is 430 g/mol. The predicted molar refractivity (Wildman–Crippen MR) is 131 cm³/mol. The van der Waals surface area contributed by atoms with E-state index in [0.29, 0.717) is 22.9 Å². The van der Waals surface area contributed by atoms with Crippen LogP contribution in [0, 0.1) is 0 Å². The van der Waals surface area contributed by atoms with Crippen LogP contribution in [-0.4, -0.2) is 24.1 Å². The number of ether oxygens (including phenoxy) is 2. The van der Waals surface area contributed by atoms with Gasteiger partial charge in [-0.2, -0.15) is 0 Å². The quantitative estimate of drug-likeness (QED) is 0.346. The summed E-state index contributed by atoms with van der Waals surface area (Å²) in [5.41, 5.74) is 2.91. The maximum atomic E-state index is 12.9. The zero-order chi connectivity index (χ0) is 24.1. The Balaban J connectivity index is 1.86. The molecule has 0 fully saturated rings. The van der Waals surface area contributed by atoms with Crippen molar-refractivity contribution in [3.05, 3.63) is 103 Å². The molecule has 0 spiro atoms. The van der Waals surface area contributed by atoms with E-state index in [4.69, 9.17) is 9.47 Å². The SMILES string of the molecule is COC(=O)c1ccccc1N(C(C)=O)c1ccc(Oc2ccc(O)cc2)cc1-c1ccccc1. The zero-order valence-electron chi connectivity index (χ0n) is 18.8. The summed E-state index contributed by atoms with van der Waals surface area (Å²) in [5, 5.41) is 9.53. The number of rotatable bonds is 6. The van der Waals surface area contributed by atoms with E-state index in [1.54, 1.807) is 60.7 Å². The number of para-hydroxylation sites is 1. The van der Waals surface area contributed by atoms with Gasteiger partial charge in [0.05, 0.1) is 24.0 Å². The monoisotopic (exact) mass is 453 g/mol. The molecule has 0 aliphatic carbocycles. The van der Waals surface area contributed by atoms with Gasteiger partial charge >= 0.3 is 5.97 Å². The molecular formula is C28H23NO5. The summed E-state index contributed by atoms with van der Waals surface area (Å²) in [6.45, 7) is 1.45. The lowest BCUT2D eigenvalue weighted by Crippen LogP contribution is -2.25. The van der Waals surface area contributed by atoms with E-state index in [1.807, 2.05) is 36.4 Å². The molecule has 1 N–H and O–H groups in total. The Morgan fingerprint density at radius 1 is 0.765 bits per heavy atom. The number of esters is 1. The number of hydrogen-bond acceptors (Lipinski definition) is 5. The van der Waals surface area contributed by atoms with Crippen molar-refractivity contribution in [1.29, 1.82) is 0 Å². The van der Waals surface area contributed by atoms with E-state index in [9.17, 15) is 14.7 Å². The Labute approximate surface area is 197 Å². The fraction of sp³-hybridized carbons (Fsp3) is 0.0714. The number of phenolic OH excluding ortho intramolecular Hbond substituents is 1. The first kappa shape index (κ1) is 22.6. The largest absolute Gasteiger partial charge is 0.508 e. The molecule has 4 rings (SSSR count). The summed E-state index contributed by atoms with van der Waals surface area (Å²) in [4.78, 5) is 26.8. The van der Waals surface area contributed by atoms with Gasteiger partial charge in [0.2, 0.25) is 5.91 Å². The Morgan fingerprint density at radius 3 is 2.09 bits per heavy atom. The molecule has 0 atom stereocenters. The van der Waals surface area contributed by atoms with Gasteiger partial charge in [0.1, 0.15) is 17.2 Å². The number of anilines is 2. The second-order valence-corrected chi connectivity index (χ2v) is 7.50. The van der Waals surface area contributed by atoms with E-state index in [-0.39, 0.29) is 17.2 Å². The van der Waals surface area contributed by atoms with Crippen LogP contribution >= 0.6 is 0 Å². The van der Waals surface area contributed by atoms with Crippen molar-refractivity contribution in [2.45, 2.75) is 6.92 Å². The number of aromatic hydroxyl groups is 1. The number of amides is 1. The first-order valence-corrected chi connectivity index (χ1v) is 10.6. The fourth-order valence-electron chi connectivity index (χ4n) is 3.69. The summed E-state index contributed by atoms with van der Waals surface area (Å²) < 4.78 is 10.9. The summed E-state index contributed by atoms with van der Waals surface area (Å²) >= 11 is 0. The third-order valence-corrected chi connectivity index (χ3v) is 5.23. The molecule has 0 aliphatic heterocycles. The average Bonchev–Trinajstić information content (AvgIpc) is 2.86. The highest BCUT2D eigenvalue weighted by Gasteiger charge is 2.24. The van der Waals surface area contributed by atoms with Crippen LogP contribution in [0.4, 0.5) is 11.4 Å². The van der Waals surface area contributed by atoms with Crippen LogP contribution in [0.3, 0.4) is 0 Å². The van der Waals surface area contributed by atoms with Crippen LogP contribution in [0.5, 0.6) is 17.2 Å². The third kappa shape index (κ3) is 4.76. The molecule has 1 amide bonds. The first-order chi connectivity index (χ1) is 16.5. The Hall–Kier alpha value is -4.58. The van der Waals surface area contributed by atoms with Gasteiger partial charge in [-0.3, -0.25) is 9.69 Å². The third-order valence-electron chi connectivity index (χ3n) is 5.23. The van der Waals surface area contributed by atoms with Crippen LogP contribution in [0.1, 0.15) is 17.3 Å². The Morgan fingerprint density at radius 2 is 1.41 bits per heavy atom. The van der Waals surface area contributed by atoms with Crippen molar-refractivity contribution >= 4 is 23.3 Å². The van der Waals surface area contributed by atoms with Gasteiger partial charge < -0.3 is 14.6 Å². The molecule has 0 aliphatic rings. The van der Waals surface area contributed by atoms with Gasteiger partial charge in [0.15, 0.2) is 0 Å². The molecule has 0 radical (unpaired) electrons. The Kier molecular flexibility index (Phi) is 6.59. The molecule has 170 valence electrons. The molecule has 4 aromatic rings. The first-order valence-electron chi connectivity index (χ1n) is 10.6. The molecule has 34 heavy (non-hydrogen) atoms.